The van der Waals surface area contributed by atoms with E-state index in [2.05, 4.69) is 30.9 Å². The highest BCUT2D eigenvalue weighted by Crippen LogP contribution is 2.34. The Labute approximate surface area is 236 Å². The van der Waals surface area contributed by atoms with Gasteiger partial charge in [-0.05, 0) is 74.1 Å². The molecule has 2 aliphatic carbocycles. The number of aromatic nitrogens is 2. The molecule has 1 aromatic carbocycles. The lowest BCUT2D eigenvalue weighted by Gasteiger charge is -2.37. The Morgan fingerprint density at radius 3 is 2.48 bits per heavy atom. The summed E-state index contributed by atoms with van der Waals surface area (Å²) in [6.45, 7) is 9.96. The second kappa shape index (κ2) is 11.9. The molecule has 2 saturated heterocycles. The number of amides is 1. The summed E-state index contributed by atoms with van der Waals surface area (Å²) in [4.78, 5) is 24.3. The van der Waals surface area contributed by atoms with E-state index in [0.29, 0.717) is 30.2 Å². The Morgan fingerprint density at radius 1 is 1.07 bits per heavy atom. The molecule has 2 aliphatic heterocycles. The monoisotopic (exact) mass is 551 g/mol. The van der Waals surface area contributed by atoms with E-state index >= 15 is 0 Å². The molecule has 1 aromatic heterocycles. The largest absolute Gasteiger partial charge is 0.490 e. The summed E-state index contributed by atoms with van der Waals surface area (Å²) in [5.74, 6) is 1.65. The normalized spacial score (nSPS) is 23.0. The molecule has 1 amide bonds. The minimum Gasteiger partial charge on any atom is -0.490 e. The van der Waals surface area contributed by atoms with Crippen molar-refractivity contribution in [3.63, 3.8) is 0 Å². The maximum Gasteiger partial charge on any atom is 0.324 e. The molecule has 9 heteroatoms. The van der Waals surface area contributed by atoms with E-state index in [4.69, 9.17) is 9.26 Å². The Kier molecular flexibility index (Phi) is 8.10. The van der Waals surface area contributed by atoms with Crippen LogP contribution in [0.2, 0.25) is 0 Å². The van der Waals surface area contributed by atoms with Crippen molar-refractivity contribution >= 4 is 17.5 Å². The zero-order chi connectivity index (χ0) is 27.6. The van der Waals surface area contributed by atoms with Crippen molar-refractivity contribution in [2.45, 2.75) is 70.8 Å². The van der Waals surface area contributed by atoms with Crippen molar-refractivity contribution in [3.05, 3.63) is 41.5 Å². The number of benzene rings is 1. The number of piperidine rings is 1. The van der Waals surface area contributed by atoms with Crippen LogP contribution < -0.4 is 9.64 Å². The number of rotatable bonds is 8. The lowest BCUT2D eigenvalue weighted by atomic mass is 9.85. The van der Waals surface area contributed by atoms with E-state index < -0.39 is 0 Å². The highest BCUT2D eigenvalue weighted by molar-refractivity contribution is 5.81. The highest BCUT2D eigenvalue weighted by Gasteiger charge is 2.34. The van der Waals surface area contributed by atoms with Crippen LogP contribution in [0.25, 0.3) is 5.57 Å². The van der Waals surface area contributed by atoms with Gasteiger partial charge in [0.1, 0.15) is 0 Å². The number of carbonyl (C=O) groups is 1. The Morgan fingerprint density at radius 2 is 1.85 bits per heavy atom. The molecule has 0 bridgehead atoms. The van der Waals surface area contributed by atoms with Crippen LogP contribution in [0.4, 0.5) is 10.4 Å². The van der Waals surface area contributed by atoms with Crippen LogP contribution in [-0.4, -0.2) is 77.8 Å². The SMILES string of the molecule is CC(C)c1noc(N2CCC(COc3ccc(C4=CCC(C(=O)N5CCN(C6CC6)CC5)CC4)cc3F)CC2)n1. The Bertz CT molecular complexity index is 1210. The molecule has 3 heterocycles. The molecular formula is C31H42FN5O3. The third-order valence-electron chi connectivity index (χ3n) is 9.06. The summed E-state index contributed by atoms with van der Waals surface area (Å²) in [5.41, 5.74) is 2.02. The number of hydrogen-bond acceptors (Lipinski definition) is 7. The van der Waals surface area contributed by atoms with Crippen molar-refractivity contribution in [2.75, 3.05) is 50.8 Å². The molecule has 1 atom stereocenters. The zero-order valence-electron chi connectivity index (χ0n) is 23.9. The summed E-state index contributed by atoms with van der Waals surface area (Å²) >= 11 is 0. The Balaban J connectivity index is 0.961. The van der Waals surface area contributed by atoms with Crippen molar-refractivity contribution in [1.29, 1.82) is 0 Å². The third kappa shape index (κ3) is 6.19. The van der Waals surface area contributed by atoms with Gasteiger partial charge >= 0.3 is 6.01 Å². The second-order valence-electron chi connectivity index (χ2n) is 12.3. The van der Waals surface area contributed by atoms with Crippen LogP contribution in [0.3, 0.4) is 0 Å². The first-order chi connectivity index (χ1) is 19.4. The van der Waals surface area contributed by atoms with Gasteiger partial charge in [-0.15, -0.1) is 0 Å². The van der Waals surface area contributed by atoms with Gasteiger partial charge in [0.05, 0.1) is 6.61 Å². The average Bonchev–Trinajstić information content (AvgIpc) is 3.72. The fourth-order valence-corrected chi connectivity index (χ4v) is 6.23. The van der Waals surface area contributed by atoms with Gasteiger partial charge in [0, 0.05) is 57.1 Å². The summed E-state index contributed by atoms with van der Waals surface area (Å²) in [7, 11) is 0. The molecule has 3 fully saturated rings. The first-order valence-electron chi connectivity index (χ1n) is 15.2. The molecule has 0 N–H and O–H groups in total. The molecule has 0 spiro atoms. The van der Waals surface area contributed by atoms with Crippen molar-refractivity contribution < 1.29 is 18.4 Å². The van der Waals surface area contributed by atoms with E-state index in [1.807, 2.05) is 19.9 Å². The maximum atomic E-state index is 15.0. The maximum absolute atomic E-state index is 15.0. The fourth-order valence-electron chi connectivity index (χ4n) is 6.23. The summed E-state index contributed by atoms with van der Waals surface area (Å²) in [6.07, 6.45) is 9.01. The van der Waals surface area contributed by atoms with Gasteiger partial charge in [0.15, 0.2) is 17.4 Å². The van der Waals surface area contributed by atoms with E-state index in [-0.39, 0.29) is 17.7 Å². The van der Waals surface area contributed by atoms with Crippen LogP contribution in [-0.2, 0) is 4.79 Å². The lowest BCUT2D eigenvalue weighted by Crippen LogP contribution is -2.51. The van der Waals surface area contributed by atoms with Gasteiger partial charge < -0.3 is 19.1 Å². The predicted octanol–water partition coefficient (Wildman–Crippen LogP) is 5.12. The first kappa shape index (κ1) is 27.2. The minimum atomic E-state index is -0.324. The molecule has 2 aromatic rings. The van der Waals surface area contributed by atoms with E-state index in [9.17, 15) is 9.18 Å². The topological polar surface area (TPSA) is 74.9 Å². The molecule has 40 heavy (non-hydrogen) atoms. The smallest absolute Gasteiger partial charge is 0.324 e. The van der Waals surface area contributed by atoms with Gasteiger partial charge in [0.2, 0.25) is 5.91 Å². The highest BCUT2D eigenvalue weighted by atomic mass is 19.1. The van der Waals surface area contributed by atoms with Gasteiger partial charge in [-0.3, -0.25) is 9.69 Å². The minimum absolute atomic E-state index is 0.0483. The van der Waals surface area contributed by atoms with Crippen LogP contribution >= 0.6 is 0 Å². The molecule has 1 saturated carbocycles. The van der Waals surface area contributed by atoms with Crippen molar-refractivity contribution in [2.24, 2.45) is 11.8 Å². The number of hydrogen-bond donors (Lipinski definition) is 0. The Hall–Kier alpha value is -2.94. The van der Waals surface area contributed by atoms with E-state index in [0.717, 1.165) is 94.4 Å². The van der Waals surface area contributed by atoms with Crippen LogP contribution in [0.1, 0.15) is 76.1 Å². The number of ether oxygens (including phenoxy) is 1. The second-order valence-corrected chi connectivity index (χ2v) is 12.3. The quantitative estimate of drug-likeness (QED) is 0.451. The standard InChI is InChI=1S/C31H42FN5O3/c1-21(2)29-33-31(40-34-29)37-13-11-22(12-14-37)20-39-28-10-7-25(19-27(28)32)23-3-5-24(6-4-23)30(38)36-17-15-35(16-18-36)26-8-9-26/h3,7,10,19,21-22,24,26H,4-6,8-9,11-18,20H2,1-2H3. The predicted molar refractivity (Wildman–Crippen MR) is 152 cm³/mol. The number of piperazine rings is 1. The molecule has 216 valence electrons. The zero-order valence-corrected chi connectivity index (χ0v) is 23.9. The van der Waals surface area contributed by atoms with Gasteiger partial charge in [-0.2, -0.15) is 4.98 Å². The molecule has 8 nitrogen and oxygen atoms in total. The molecule has 1 unspecified atom stereocenters. The van der Waals surface area contributed by atoms with Crippen molar-refractivity contribution in [1.82, 2.24) is 19.9 Å². The van der Waals surface area contributed by atoms with Crippen LogP contribution in [0, 0.1) is 17.7 Å². The molecule has 4 aliphatic rings. The number of allylic oxidation sites excluding steroid dienone is 2. The number of nitrogens with zero attached hydrogens (tertiary/aromatic N) is 5. The summed E-state index contributed by atoms with van der Waals surface area (Å²) in [5, 5.41) is 4.06. The average molecular weight is 552 g/mol. The molecule has 0 radical (unpaired) electrons. The van der Waals surface area contributed by atoms with Crippen LogP contribution in [0.15, 0.2) is 28.8 Å². The third-order valence-corrected chi connectivity index (χ3v) is 9.06. The van der Waals surface area contributed by atoms with Crippen LogP contribution in [0.5, 0.6) is 5.75 Å². The number of halogens is 1. The lowest BCUT2D eigenvalue weighted by molar-refractivity contribution is -0.137. The summed E-state index contributed by atoms with van der Waals surface area (Å²) in [6, 6.07) is 6.65. The van der Waals surface area contributed by atoms with Crippen molar-refractivity contribution in [3.8, 4) is 5.75 Å². The van der Waals surface area contributed by atoms with Gasteiger partial charge in [0.25, 0.3) is 0 Å². The fraction of sp³-hybridized carbons (Fsp3) is 0.645. The summed E-state index contributed by atoms with van der Waals surface area (Å²) < 4.78 is 26.3. The molecular weight excluding hydrogens is 509 g/mol. The van der Waals surface area contributed by atoms with Gasteiger partial charge in [-0.25, -0.2) is 4.39 Å². The number of anilines is 1. The van der Waals surface area contributed by atoms with Gasteiger partial charge in [-0.1, -0.05) is 31.1 Å². The number of carbonyl (C=O) groups excluding carboxylic acids is 1. The molecule has 6 rings (SSSR count). The first-order valence-corrected chi connectivity index (χ1v) is 15.2. The van der Waals surface area contributed by atoms with E-state index in [1.54, 1.807) is 12.1 Å². The van der Waals surface area contributed by atoms with E-state index in [1.165, 1.54) is 12.8 Å².